The fourth-order valence-corrected chi connectivity index (χ4v) is 3.62. The van der Waals surface area contributed by atoms with Crippen LogP contribution in [-0.2, 0) is 6.42 Å². The molecule has 5 nitrogen and oxygen atoms in total. The fraction of sp³-hybridized carbons (Fsp3) is 0.348. The number of urea groups is 1. The number of benzene rings is 2. The smallest absolute Gasteiger partial charge is 0.322 e. The minimum Gasteiger partial charge on any atom is -0.489 e. The summed E-state index contributed by atoms with van der Waals surface area (Å²) in [6, 6.07) is 15.3. The minimum absolute atomic E-state index is 0.0278. The first-order valence-corrected chi connectivity index (χ1v) is 9.72. The molecule has 1 aliphatic rings. The van der Waals surface area contributed by atoms with E-state index >= 15 is 0 Å². The molecule has 0 bridgehead atoms. The van der Waals surface area contributed by atoms with Crippen molar-refractivity contribution in [2.24, 2.45) is 0 Å². The van der Waals surface area contributed by atoms with Crippen LogP contribution in [0, 0.1) is 0 Å². The number of ether oxygens (including phenoxy) is 1. The number of hydrogen-bond donors (Lipinski definition) is 2. The van der Waals surface area contributed by atoms with Crippen molar-refractivity contribution in [2.45, 2.75) is 32.2 Å². The molecule has 2 N–H and O–H groups in total. The zero-order valence-corrected chi connectivity index (χ0v) is 16.4. The Labute approximate surface area is 166 Å². The quantitative estimate of drug-likeness (QED) is 0.693. The van der Waals surface area contributed by atoms with Gasteiger partial charge in [0.1, 0.15) is 12.4 Å². The van der Waals surface area contributed by atoms with Crippen molar-refractivity contribution >= 4 is 11.7 Å². The molecule has 2 aromatic carbocycles. The largest absolute Gasteiger partial charge is 0.489 e. The highest BCUT2D eigenvalue weighted by atomic mass is 16.5. The summed E-state index contributed by atoms with van der Waals surface area (Å²) in [4.78, 5) is 14.8. The van der Waals surface area contributed by atoms with Gasteiger partial charge in [-0.15, -0.1) is 0 Å². The first-order valence-electron chi connectivity index (χ1n) is 9.72. The van der Waals surface area contributed by atoms with Gasteiger partial charge >= 0.3 is 6.03 Å². The second-order valence-corrected chi connectivity index (χ2v) is 7.23. The molecule has 0 saturated heterocycles. The molecule has 1 atom stereocenters. The van der Waals surface area contributed by atoms with Crippen molar-refractivity contribution in [2.75, 3.05) is 25.1 Å². The van der Waals surface area contributed by atoms with E-state index in [1.807, 2.05) is 37.3 Å². The van der Waals surface area contributed by atoms with Crippen molar-refractivity contribution in [1.29, 1.82) is 0 Å². The summed E-state index contributed by atoms with van der Waals surface area (Å²) in [7, 11) is 0. The predicted molar refractivity (Wildman–Crippen MR) is 112 cm³/mol. The maximum atomic E-state index is 13.0. The lowest BCUT2D eigenvalue weighted by molar-refractivity contribution is 0.155. The van der Waals surface area contributed by atoms with E-state index < -0.39 is 0 Å². The number of hydrogen-bond acceptors (Lipinski definition) is 3. The second-order valence-electron chi connectivity index (χ2n) is 7.23. The molecule has 148 valence electrons. The van der Waals surface area contributed by atoms with Gasteiger partial charge in [0.25, 0.3) is 0 Å². The predicted octanol–water partition coefficient (Wildman–Crippen LogP) is 4.55. The molecule has 0 aromatic heterocycles. The molecule has 0 unspecified atom stereocenters. The number of rotatable bonds is 7. The highest BCUT2D eigenvalue weighted by Gasteiger charge is 2.28. The highest BCUT2D eigenvalue weighted by molar-refractivity contribution is 5.90. The minimum atomic E-state index is -0.215. The normalized spacial score (nSPS) is 15.4. The Kier molecular flexibility index (Phi) is 6.71. The third-order valence-corrected chi connectivity index (χ3v) is 4.89. The molecule has 0 saturated carbocycles. The van der Waals surface area contributed by atoms with Crippen LogP contribution in [0.5, 0.6) is 5.75 Å². The number of anilines is 1. The summed E-state index contributed by atoms with van der Waals surface area (Å²) >= 11 is 0. The van der Waals surface area contributed by atoms with Gasteiger partial charge in [0, 0.05) is 18.3 Å². The van der Waals surface area contributed by atoms with Crippen LogP contribution in [-0.4, -0.2) is 35.8 Å². The first kappa shape index (κ1) is 20.0. The maximum Gasteiger partial charge on any atom is 0.322 e. The Hall–Kier alpha value is -2.79. The number of amides is 2. The van der Waals surface area contributed by atoms with Gasteiger partial charge in [-0.1, -0.05) is 36.9 Å². The van der Waals surface area contributed by atoms with Crippen LogP contribution in [0.15, 0.2) is 60.7 Å². The number of aryl methyl sites for hydroxylation is 1. The number of carbonyl (C=O) groups is 1. The number of nitrogens with one attached hydrogen (secondary N) is 1. The van der Waals surface area contributed by atoms with E-state index in [1.165, 1.54) is 11.1 Å². The van der Waals surface area contributed by atoms with Gasteiger partial charge in [-0.3, -0.25) is 0 Å². The topological polar surface area (TPSA) is 61.8 Å². The van der Waals surface area contributed by atoms with Gasteiger partial charge in [0.2, 0.25) is 0 Å². The summed E-state index contributed by atoms with van der Waals surface area (Å²) < 4.78 is 5.66. The van der Waals surface area contributed by atoms with Gasteiger partial charge in [-0.25, -0.2) is 4.79 Å². The van der Waals surface area contributed by atoms with Gasteiger partial charge in [0.05, 0.1) is 12.6 Å². The SMILES string of the molecule is C=C(C)COc1cccc(NC(=O)N(CCO)[C@H]2CCCc3ccccc32)c1. The molecule has 0 heterocycles. The summed E-state index contributed by atoms with van der Waals surface area (Å²) in [6.07, 6.45) is 2.96. The Morgan fingerprint density at radius 3 is 2.89 bits per heavy atom. The highest BCUT2D eigenvalue weighted by Crippen LogP contribution is 2.34. The van der Waals surface area contributed by atoms with E-state index in [-0.39, 0.29) is 25.2 Å². The summed E-state index contributed by atoms with van der Waals surface area (Å²) in [6.45, 7) is 6.38. The molecule has 0 aliphatic heterocycles. The van der Waals surface area contributed by atoms with E-state index in [0.29, 0.717) is 18.0 Å². The van der Waals surface area contributed by atoms with Crippen LogP contribution in [0.2, 0.25) is 0 Å². The number of aliphatic hydroxyl groups excluding tert-OH is 1. The van der Waals surface area contributed by atoms with Crippen molar-refractivity contribution < 1.29 is 14.6 Å². The maximum absolute atomic E-state index is 13.0. The molecule has 0 spiro atoms. The van der Waals surface area contributed by atoms with Crippen LogP contribution in [0.3, 0.4) is 0 Å². The average Bonchev–Trinajstić information content (AvgIpc) is 2.70. The second kappa shape index (κ2) is 9.42. The van der Waals surface area contributed by atoms with E-state index in [1.54, 1.807) is 11.0 Å². The third-order valence-electron chi connectivity index (χ3n) is 4.89. The lowest BCUT2D eigenvalue weighted by Gasteiger charge is -2.35. The van der Waals surface area contributed by atoms with Gasteiger partial charge < -0.3 is 20.1 Å². The van der Waals surface area contributed by atoms with Crippen LogP contribution in [0.1, 0.15) is 36.9 Å². The lowest BCUT2D eigenvalue weighted by Crippen LogP contribution is -2.41. The van der Waals surface area contributed by atoms with E-state index in [9.17, 15) is 9.90 Å². The Morgan fingerprint density at radius 2 is 2.11 bits per heavy atom. The fourth-order valence-electron chi connectivity index (χ4n) is 3.62. The molecule has 0 fully saturated rings. The summed E-state index contributed by atoms with van der Waals surface area (Å²) in [5.41, 5.74) is 4.05. The van der Waals surface area contributed by atoms with E-state index in [0.717, 1.165) is 24.8 Å². The third kappa shape index (κ3) is 4.93. The van der Waals surface area contributed by atoms with Gasteiger partial charge in [-0.05, 0) is 55.0 Å². The number of carbonyl (C=O) groups excluding carboxylic acids is 1. The number of fused-ring (bicyclic) bond motifs is 1. The summed E-state index contributed by atoms with van der Waals surface area (Å²) in [5, 5.41) is 12.5. The van der Waals surface area contributed by atoms with Crippen LogP contribution in [0.4, 0.5) is 10.5 Å². The summed E-state index contributed by atoms with van der Waals surface area (Å²) in [5.74, 6) is 0.678. The average molecular weight is 380 g/mol. The molecule has 5 heteroatoms. The molecule has 28 heavy (non-hydrogen) atoms. The van der Waals surface area contributed by atoms with Crippen LogP contribution >= 0.6 is 0 Å². The van der Waals surface area contributed by atoms with Crippen LogP contribution < -0.4 is 10.1 Å². The Bertz CT molecular complexity index is 834. The molecule has 2 aromatic rings. The van der Waals surface area contributed by atoms with E-state index in [4.69, 9.17) is 4.74 Å². The van der Waals surface area contributed by atoms with Gasteiger partial charge in [-0.2, -0.15) is 0 Å². The Morgan fingerprint density at radius 1 is 1.29 bits per heavy atom. The monoisotopic (exact) mass is 380 g/mol. The standard InChI is InChI=1S/C23H28N2O3/c1-17(2)16-28-20-10-6-9-19(15-20)24-23(27)25(13-14-26)22-12-5-8-18-7-3-4-11-21(18)22/h3-4,6-7,9-11,15,22,26H,1,5,8,12-14,16H2,2H3,(H,24,27)/t22-/m0/s1. The van der Waals surface area contributed by atoms with Crippen molar-refractivity contribution in [3.05, 3.63) is 71.8 Å². The molecule has 1 aliphatic carbocycles. The molecule has 2 amide bonds. The van der Waals surface area contributed by atoms with E-state index in [2.05, 4.69) is 24.0 Å². The van der Waals surface area contributed by atoms with Crippen LogP contribution in [0.25, 0.3) is 0 Å². The molecule has 3 rings (SSSR count). The zero-order valence-electron chi connectivity index (χ0n) is 16.4. The van der Waals surface area contributed by atoms with Crippen molar-refractivity contribution in [3.8, 4) is 5.75 Å². The number of nitrogens with zero attached hydrogens (tertiary/aromatic N) is 1. The molecular weight excluding hydrogens is 352 g/mol. The number of aliphatic hydroxyl groups is 1. The lowest BCUT2D eigenvalue weighted by atomic mass is 9.87. The molecule has 0 radical (unpaired) electrons. The van der Waals surface area contributed by atoms with Crippen molar-refractivity contribution in [1.82, 2.24) is 4.90 Å². The van der Waals surface area contributed by atoms with Gasteiger partial charge in [0.15, 0.2) is 0 Å². The first-order chi connectivity index (χ1) is 13.6. The Balaban J connectivity index is 1.76. The van der Waals surface area contributed by atoms with Crippen molar-refractivity contribution in [3.63, 3.8) is 0 Å². The molecular formula is C23H28N2O3. The zero-order chi connectivity index (χ0) is 19.9.